The second-order valence-corrected chi connectivity index (χ2v) is 5.36. The lowest BCUT2D eigenvalue weighted by Crippen LogP contribution is -2.12. The summed E-state index contributed by atoms with van der Waals surface area (Å²) in [5.41, 5.74) is 1.12. The Morgan fingerprint density at radius 1 is 1.04 bits per heavy atom. The third-order valence-corrected chi connectivity index (χ3v) is 3.46. The molecule has 0 bridgehead atoms. The molecule has 2 aromatic rings. The summed E-state index contributed by atoms with van der Waals surface area (Å²) in [5.74, 6) is -0.167. The zero-order chi connectivity index (χ0) is 20.2. The molecule has 7 nitrogen and oxygen atoms in total. The first-order valence-electron chi connectivity index (χ1n) is 8.39. The molecule has 0 saturated heterocycles. The number of ether oxygens (including phenoxy) is 4. The fraction of sp³-hybridized carbons (Fsp3) is 0.190. The van der Waals surface area contributed by atoms with E-state index >= 15 is 0 Å². The second-order valence-electron chi connectivity index (χ2n) is 5.36. The molecule has 0 fully saturated rings. The van der Waals surface area contributed by atoms with Crippen LogP contribution in [-0.4, -0.2) is 38.9 Å². The minimum Gasteiger partial charge on any atom is -0.493 e. The molecule has 0 aliphatic carbocycles. The van der Waals surface area contributed by atoms with E-state index in [9.17, 15) is 9.59 Å². The first-order chi connectivity index (χ1) is 13.6. The van der Waals surface area contributed by atoms with Crippen LogP contribution in [0.1, 0.15) is 15.9 Å². The van der Waals surface area contributed by atoms with E-state index in [1.54, 1.807) is 54.6 Å². The summed E-state index contributed by atoms with van der Waals surface area (Å²) in [5, 5.41) is 8.56. The van der Waals surface area contributed by atoms with Crippen molar-refractivity contribution in [2.24, 2.45) is 0 Å². The number of benzene rings is 2. The van der Waals surface area contributed by atoms with Crippen molar-refractivity contribution in [3.8, 4) is 17.6 Å². The van der Waals surface area contributed by atoms with Crippen molar-refractivity contribution in [2.45, 2.75) is 0 Å². The van der Waals surface area contributed by atoms with Crippen LogP contribution in [0.3, 0.4) is 0 Å². The van der Waals surface area contributed by atoms with Crippen LogP contribution in [0.25, 0.3) is 6.08 Å². The molecule has 0 atom stereocenters. The number of esters is 2. The van der Waals surface area contributed by atoms with Crippen LogP contribution in [-0.2, 0) is 14.3 Å². The molecule has 0 radical (unpaired) electrons. The third kappa shape index (κ3) is 6.50. The van der Waals surface area contributed by atoms with Crippen LogP contribution in [0, 0.1) is 11.3 Å². The molecule has 0 unspecified atom stereocenters. The number of carbonyl (C=O) groups is 2. The molecule has 0 aliphatic rings. The lowest BCUT2D eigenvalue weighted by atomic mass is 10.2. The SMILES string of the molecule is COc1cc(/C=C/C(=O)OCCOC(=O)c2ccccc2)ccc1OCC#N. The quantitative estimate of drug-likeness (QED) is 0.374. The molecule has 0 aliphatic heterocycles. The van der Waals surface area contributed by atoms with Crippen LogP contribution < -0.4 is 9.47 Å². The molecule has 28 heavy (non-hydrogen) atoms. The highest BCUT2D eigenvalue weighted by atomic mass is 16.6. The van der Waals surface area contributed by atoms with Gasteiger partial charge in [0.05, 0.1) is 12.7 Å². The van der Waals surface area contributed by atoms with Gasteiger partial charge in [0.25, 0.3) is 0 Å². The number of methoxy groups -OCH3 is 1. The number of rotatable bonds is 9. The van der Waals surface area contributed by atoms with Crippen molar-refractivity contribution in [1.29, 1.82) is 5.26 Å². The minimum absolute atomic E-state index is 0.0357. The van der Waals surface area contributed by atoms with Gasteiger partial charge in [0.15, 0.2) is 18.1 Å². The molecule has 2 aromatic carbocycles. The van der Waals surface area contributed by atoms with E-state index in [0.29, 0.717) is 22.6 Å². The summed E-state index contributed by atoms with van der Waals surface area (Å²) in [7, 11) is 1.48. The second kappa shape index (κ2) is 11.0. The van der Waals surface area contributed by atoms with E-state index in [1.165, 1.54) is 13.2 Å². The molecule has 0 saturated carbocycles. The van der Waals surface area contributed by atoms with Crippen LogP contribution in [0.2, 0.25) is 0 Å². The summed E-state index contributed by atoms with van der Waals surface area (Å²) in [6.45, 7) is -0.176. The van der Waals surface area contributed by atoms with Crippen molar-refractivity contribution in [3.05, 3.63) is 65.7 Å². The maximum absolute atomic E-state index is 11.8. The Hall–Kier alpha value is -3.79. The average Bonchev–Trinajstić information content (AvgIpc) is 2.74. The van der Waals surface area contributed by atoms with Gasteiger partial charge in [-0.3, -0.25) is 0 Å². The molecule has 0 heterocycles. The Bertz CT molecular complexity index is 870. The van der Waals surface area contributed by atoms with Crippen molar-refractivity contribution >= 4 is 18.0 Å². The Morgan fingerprint density at radius 3 is 2.50 bits per heavy atom. The molecule has 0 spiro atoms. The first kappa shape index (κ1) is 20.5. The number of hydrogen-bond acceptors (Lipinski definition) is 7. The van der Waals surface area contributed by atoms with E-state index in [-0.39, 0.29) is 19.8 Å². The van der Waals surface area contributed by atoms with Crippen LogP contribution in [0.5, 0.6) is 11.5 Å². The fourth-order valence-electron chi connectivity index (χ4n) is 2.16. The van der Waals surface area contributed by atoms with Crippen LogP contribution >= 0.6 is 0 Å². The Labute approximate surface area is 162 Å². The van der Waals surface area contributed by atoms with Gasteiger partial charge in [0, 0.05) is 6.08 Å². The summed E-state index contributed by atoms with van der Waals surface area (Å²) < 4.78 is 20.4. The third-order valence-electron chi connectivity index (χ3n) is 3.46. The number of carbonyl (C=O) groups excluding carboxylic acids is 2. The molecule has 2 rings (SSSR count). The number of hydrogen-bond donors (Lipinski definition) is 0. The molecule has 144 valence electrons. The zero-order valence-corrected chi connectivity index (χ0v) is 15.3. The number of nitrogens with zero attached hydrogens (tertiary/aromatic N) is 1. The van der Waals surface area contributed by atoms with Crippen molar-refractivity contribution in [3.63, 3.8) is 0 Å². The summed E-state index contributed by atoms with van der Waals surface area (Å²) >= 11 is 0. The smallest absolute Gasteiger partial charge is 0.338 e. The largest absolute Gasteiger partial charge is 0.493 e. The normalized spacial score (nSPS) is 10.1. The van der Waals surface area contributed by atoms with Crippen LogP contribution in [0.15, 0.2) is 54.6 Å². The van der Waals surface area contributed by atoms with Gasteiger partial charge in [0.2, 0.25) is 0 Å². The topological polar surface area (TPSA) is 94.8 Å². The zero-order valence-electron chi connectivity index (χ0n) is 15.3. The Kier molecular flexibility index (Phi) is 8.09. The molecule has 0 aromatic heterocycles. The van der Waals surface area contributed by atoms with Gasteiger partial charge in [-0.15, -0.1) is 0 Å². The molecule has 0 N–H and O–H groups in total. The standard InChI is InChI=1S/C21H19NO6/c1-25-19-15-16(7-9-18(19)26-12-11-22)8-10-20(23)27-13-14-28-21(24)17-5-3-2-4-6-17/h2-10,15H,12-14H2,1H3/b10-8+. The van der Waals surface area contributed by atoms with Gasteiger partial charge in [-0.2, -0.15) is 5.26 Å². The van der Waals surface area contributed by atoms with Crippen molar-refractivity contribution in [1.82, 2.24) is 0 Å². The van der Waals surface area contributed by atoms with Crippen molar-refractivity contribution < 1.29 is 28.5 Å². The molecular weight excluding hydrogens is 362 g/mol. The van der Waals surface area contributed by atoms with E-state index in [1.807, 2.05) is 6.07 Å². The molecule has 7 heteroatoms. The van der Waals surface area contributed by atoms with Gasteiger partial charge >= 0.3 is 11.9 Å². The van der Waals surface area contributed by atoms with Gasteiger partial charge in [-0.25, -0.2) is 9.59 Å². The lowest BCUT2D eigenvalue weighted by molar-refractivity contribution is -0.138. The predicted octanol–water partition coefficient (Wildman–Crippen LogP) is 3.01. The first-order valence-corrected chi connectivity index (χ1v) is 8.39. The highest BCUT2D eigenvalue weighted by Gasteiger charge is 2.07. The highest BCUT2D eigenvalue weighted by Crippen LogP contribution is 2.28. The van der Waals surface area contributed by atoms with Crippen LogP contribution in [0.4, 0.5) is 0 Å². The maximum Gasteiger partial charge on any atom is 0.338 e. The Morgan fingerprint density at radius 2 is 1.79 bits per heavy atom. The van der Waals surface area contributed by atoms with E-state index in [4.69, 9.17) is 24.2 Å². The molecular formula is C21H19NO6. The predicted molar refractivity (Wildman–Crippen MR) is 101 cm³/mol. The van der Waals surface area contributed by atoms with Crippen molar-refractivity contribution in [2.75, 3.05) is 26.9 Å². The summed E-state index contributed by atoms with van der Waals surface area (Å²) in [4.78, 5) is 23.5. The molecule has 0 amide bonds. The Balaban J connectivity index is 1.78. The van der Waals surface area contributed by atoms with Gasteiger partial charge < -0.3 is 18.9 Å². The van der Waals surface area contributed by atoms with E-state index in [0.717, 1.165) is 0 Å². The van der Waals surface area contributed by atoms with Gasteiger partial charge in [-0.05, 0) is 35.9 Å². The summed E-state index contributed by atoms with van der Waals surface area (Å²) in [6.07, 6.45) is 2.80. The highest BCUT2D eigenvalue weighted by molar-refractivity contribution is 5.89. The average molecular weight is 381 g/mol. The maximum atomic E-state index is 11.8. The fourth-order valence-corrected chi connectivity index (χ4v) is 2.16. The number of nitriles is 1. The van der Waals surface area contributed by atoms with E-state index in [2.05, 4.69) is 0 Å². The van der Waals surface area contributed by atoms with E-state index < -0.39 is 11.9 Å². The lowest BCUT2D eigenvalue weighted by Gasteiger charge is -2.08. The minimum atomic E-state index is -0.570. The summed E-state index contributed by atoms with van der Waals surface area (Å²) in [6, 6.07) is 15.4. The van der Waals surface area contributed by atoms with Gasteiger partial charge in [-0.1, -0.05) is 24.3 Å². The monoisotopic (exact) mass is 381 g/mol. The van der Waals surface area contributed by atoms with Gasteiger partial charge in [0.1, 0.15) is 19.3 Å².